The van der Waals surface area contributed by atoms with E-state index in [0.29, 0.717) is 6.54 Å². The zero-order valence-electron chi connectivity index (χ0n) is 8.16. The number of carbonyl (C=O) groups excluding carboxylic acids is 2. The van der Waals surface area contributed by atoms with Crippen molar-refractivity contribution in [3.05, 3.63) is 0 Å². The van der Waals surface area contributed by atoms with Gasteiger partial charge >= 0.3 is 5.97 Å². The number of esters is 1. The van der Waals surface area contributed by atoms with Crippen LogP contribution in [0.5, 0.6) is 0 Å². The summed E-state index contributed by atoms with van der Waals surface area (Å²) in [6.07, 6.45) is 1.82. The highest BCUT2D eigenvalue weighted by Crippen LogP contribution is 2.23. The van der Waals surface area contributed by atoms with E-state index in [4.69, 9.17) is 4.74 Å². The van der Waals surface area contributed by atoms with Crippen molar-refractivity contribution in [2.75, 3.05) is 20.2 Å². The standard InChI is InChI=1S/C9H14N2O3/c1-14-9(13)7-5-10-8(12)6-3-2-4-11(6)7/h6-7H,2-5H2,1H3,(H,10,12). The van der Waals surface area contributed by atoms with Gasteiger partial charge < -0.3 is 10.1 Å². The SMILES string of the molecule is COC(=O)C1CNC(=O)C2CCCN21. The van der Waals surface area contributed by atoms with Crippen LogP contribution < -0.4 is 5.32 Å². The second kappa shape index (κ2) is 3.57. The third-order valence-electron chi connectivity index (χ3n) is 2.94. The lowest BCUT2D eigenvalue weighted by atomic mass is 10.1. The van der Waals surface area contributed by atoms with Crippen molar-refractivity contribution < 1.29 is 14.3 Å². The number of ether oxygens (including phenoxy) is 1. The minimum absolute atomic E-state index is 0.0441. The van der Waals surface area contributed by atoms with Crippen molar-refractivity contribution in [1.82, 2.24) is 10.2 Å². The summed E-state index contributed by atoms with van der Waals surface area (Å²) in [7, 11) is 1.38. The fraction of sp³-hybridized carbons (Fsp3) is 0.778. The first-order valence-electron chi connectivity index (χ1n) is 4.85. The van der Waals surface area contributed by atoms with Crippen LogP contribution in [-0.2, 0) is 14.3 Å². The van der Waals surface area contributed by atoms with Gasteiger partial charge in [0.15, 0.2) is 0 Å². The molecule has 0 aromatic carbocycles. The number of nitrogens with zero attached hydrogens (tertiary/aromatic N) is 1. The molecule has 2 aliphatic rings. The molecule has 1 amide bonds. The Balaban J connectivity index is 2.13. The Kier molecular flexibility index (Phi) is 2.41. The van der Waals surface area contributed by atoms with Crippen LogP contribution in [0.3, 0.4) is 0 Å². The fourth-order valence-corrected chi connectivity index (χ4v) is 2.23. The number of rotatable bonds is 1. The fourth-order valence-electron chi connectivity index (χ4n) is 2.23. The van der Waals surface area contributed by atoms with Crippen LogP contribution in [0.4, 0.5) is 0 Å². The molecule has 2 fully saturated rings. The molecular formula is C9H14N2O3. The van der Waals surface area contributed by atoms with Crippen LogP contribution in [0.1, 0.15) is 12.8 Å². The van der Waals surface area contributed by atoms with E-state index in [-0.39, 0.29) is 24.0 Å². The Morgan fingerprint density at radius 1 is 1.64 bits per heavy atom. The lowest BCUT2D eigenvalue weighted by Gasteiger charge is -2.35. The summed E-state index contributed by atoms with van der Waals surface area (Å²) >= 11 is 0. The summed E-state index contributed by atoms with van der Waals surface area (Å²) in [5.41, 5.74) is 0. The maximum atomic E-state index is 11.4. The molecule has 2 rings (SSSR count). The first-order valence-corrected chi connectivity index (χ1v) is 4.85. The van der Waals surface area contributed by atoms with Crippen molar-refractivity contribution in [3.8, 4) is 0 Å². The second-order valence-corrected chi connectivity index (χ2v) is 3.68. The molecule has 0 spiro atoms. The highest BCUT2D eigenvalue weighted by molar-refractivity contribution is 5.86. The van der Waals surface area contributed by atoms with Crippen LogP contribution in [0.2, 0.25) is 0 Å². The molecule has 2 heterocycles. The van der Waals surface area contributed by atoms with Crippen LogP contribution in [0, 0.1) is 0 Å². The summed E-state index contributed by atoms with van der Waals surface area (Å²) in [6, 6.07) is -0.405. The number of fused-ring (bicyclic) bond motifs is 1. The van der Waals surface area contributed by atoms with E-state index in [1.165, 1.54) is 7.11 Å². The average molecular weight is 198 g/mol. The third-order valence-corrected chi connectivity index (χ3v) is 2.94. The van der Waals surface area contributed by atoms with Crippen molar-refractivity contribution in [3.63, 3.8) is 0 Å². The van der Waals surface area contributed by atoms with Gasteiger partial charge in [-0.2, -0.15) is 0 Å². The summed E-state index contributed by atoms with van der Waals surface area (Å²) in [4.78, 5) is 24.8. The molecule has 0 saturated carbocycles. The van der Waals surface area contributed by atoms with E-state index in [1.54, 1.807) is 0 Å². The number of piperazine rings is 1. The highest BCUT2D eigenvalue weighted by atomic mass is 16.5. The molecule has 0 radical (unpaired) electrons. The monoisotopic (exact) mass is 198 g/mol. The summed E-state index contributed by atoms with van der Waals surface area (Å²) < 4.78 is 4.70. The van der Waals surface area contributed by atoms with Gasteiger partial charge in [-0.05, 0) is 19.4 Å². The average Bonchev–Trinajstić information content (AvgIpc) is 2.67. The third kappa shape index (κ3) is 1.37. The Bertz CT molecular complexity index is 267. The minimum atomic E-state index is -0.287. The van der Waals surface area contributed by atoms with Gasteiger partial charge in [0.05, 0.1) is 13.2 Å². The van der Waals surface area contributed by atoms with E-state index in [0.717, 1.165) is 19.4 Å². The number of nitrogens with one attached hydrogen (secondary N) is 1. The lowest BCUT2D eigenvalue weighted by Crippen LogP contribution is -2.60. The van der Waals surface area contributed by atoms with Gasteiger partial charge in [-0.25, -0.2) is 0 Å². The van der Waals surface area contributed by atoms with Gasteiger partial charge in [-0.3, -0.25) is 14.5 Å². The van der Waals surface area contributed by atoms with Gasteiger partial charge in [0.25, 0.3) is 0 Å². The van der Waals surface area contributed by atoms with E-state index in [1.807, 2.05) is 4.90 Å². The van der Waals surface area contributed by atoms with E-state index in [2.05, 4.69) is 5.32 Å². The molecule has 2 saturated heterocycles. The maximum absolute atomic E-state index is 11.4. The van der Waals surface area contributed by atoms with E-state index >= 15 is 0 Å². The molecule has 2 atom stereocenters. The minimum Gasteiger partial charge on any atom is -0.468 e. The smallest absolute Gasteiger partial charge is 0.324 e. The number of hydrogen-bond donors (Lipinski definition) is 1. The van der Waals surface area contributed by atoms with Gasteiger partial charge in [-0.15, -0.1) is 0 Å². The molecule has 0 aromatic heterocycles. The van der Waals surface area contributed by atoms with E-state index < -0.39 is 0 Å². The lowest BCUT2D eigenvalue weighted by molar-refractivity contribution is -0.150. The zero-order valence-corrected chi connectivity index (χ0v) is 8.16. The zero-order chi connectivity index (χ0) is 10.1. The van der Waals surface area contributed by atoms with Gasteiger partial charge in [0.1, 0.15) is 6.04 Å². The van der Waals surface area contributed by atoms with Gasteiger partial charge in [-0.1, -0.05) is 0 Å². The highest BCUT2D eigenvalue weighted by Gasteiger charge is 2.42. The van der Waals surface area contributed by atoms with Crippen LogP contribution in [-0.4, -0.2) is 49.1 Å². The topological polar surface area (TPSA) is 58.6 Å². The molecular weight excluding hydrogens is 184 g/mol. The van der Waals surface area contributed by atoms with Crippen LogP contribution in [0.15, 0.2) is 0 Å². The van der Waals surface area contributed by atoms with Gasteiger partial charge in [0.2, 0.25) is 5.91 Å². The van der Waals surface area contributed by atoms with Gasteiger partial charge in [0, 0.05) is 6.54 Å². The Labute approximate surface area is 82.4 Å². The predicted octanol–water partition coefficient (Wildman–Crippen LogP) is -0.878. The number of carbonyl (C=O) groups is 2. The molecule has 5 heteroatoms. The first-order chi connectivity index (χ1) is 6.74. The molecule has 2 unspecified atom stereocenters. The summed E-state index contributed by atoms with van der Waals surface area (Å²) in [6.45, 7) is 1.19. The Morgan fingerprint density at radius 3 is 3.14 bits per heavy atom. The van der Waals surface area contributed by atoms with Crippen molar-refractivity contribution >= 4 is 11.9 Å². The van der Waals surface area contributed by atoms with Crippen LogP contribution >= 0.6 is 0 Å². The van der Waals surface area contributed by atoms with Crippen molar-refractivity contribution in [2.45, 2.75) is 24.9 Å². The summed E-state index contributed by atoms with van der Waals surface area (Å²) in [5.74, 6) is -0.209. The molecule has 0 aromatic rings. The molecule has 5 nitrogen and oxygen atoms in total. The molecule has 78 valence electrons. The number of amides is 1. The van der Waals surface area contributed by atoms with Crippen molar-refractivity contribution in [2.24, 2.45) is 0 Å². The maximum Gasteiger partial charge on any atom is 0.324 e. The van der Waals surface area contributed by atoms with Crippen molar-refractivity contribution in [1.29, 1.82) is 0 Å². The molecule has 14 heavy (non-hydrogen) atoms. The van der Waals surface area contributed by atoms with Crippen LogP contribution in [0.25, 0.3) is 0 Å². The number of methoxy groups -OCH3 is 1. The second-order valence-electron chi connectivity index (χ2n) is 3.68. The predicted molar refractivity (Wildman–Crippen MR) is 48.5 cm³/mol. The number of hydrogen-bond acceptors (Lipinski definition) is 4. The first kappa shape index (κ1) is 9.45. The molecule has 0 bridgehead atoms. The summed E-state index contributed by atoms with van der Waals surface area (Å²) in [5, 5.41) is 2.74. The quantitative estimate of drug-likeness (QED) is 0.556. The van der Waals surface area contributed by atoms with E-state index in [9.17, 15) is 9.59 Å². The molecule has 1 N–H and O–H groups in total. The largest absolute Gasteiger partial charge is 0.468 e. The normalized spacial score (nSPS) is 32.2. The molecule has 0 aliphatic carbocycles. The molecule has 2 aliphatic heterocycles. The Hall–Kier alpha value is -1.10. The Morgan fingerprint density at radius 2 is 2.43 bits per heavy atom.